The molecule has 0 aliphatic carbocycles. The maximum Gasteiger partial charge on any atom is 0.128 e. The number of ether oxygens (including phenoxy) is 2. The molecule has 0 aliphatic heterocycles. The van der Waals surface area contributed by atoms with Crippen molar-refractivity contribution in [2.45, 2.75) is 26.0 Å². The minimum atomic E-state index is -0.0714. The summed E-state index contributed by atoms with van der Waals surface area (Å²) in [5.74, 6) is 1.51. The van der Waals surface area contributed by atoms with Gasteiger partial charge >= 0.3 is 0 Å². The molecule has 0 aliphatic rings. The highest BCUT2D eigenvalue weighted by Crippen LogP contribution is 2.29. The lowest BCUT2D eigenvalue weighted by Crippen LogP contribution is -2.13. The molecule has 2 N–H and O–H groups in total. The standard InChI is InChI=1S/C13H19NO2/c1-5-9(2)16-13-8-11(15-4)6-7-12(13)10(3)14/h5-10H,1,14H2,2-4H3/t9?,10-/m0/s1. The third-order valence-electron chi connectivity index (χ3n) is 2.36. The van der Waals surface area contributed by atoms with Gasteiger partial charge in [0.15, 0.2) is 0 Å². The Morgan fingerprint density at radius 1 is 1.38 bits per heavy atom. The van der Waals surface area contributed by atoms with Crippen LogP contribution in [0.4, 0.5) is 0 Å². The van der Waals surface area contributed by atoms with Gasteiger partial charge in [0.2, 0.25) is 0 Å². The van der Waals surface area contributed by atoms with E-state index in [2.05, 4.69) is 6.58 Å². The smallest absolute Gasteiger partial charge is 0.128 e. The van der Waals surface area contributed by atoms with E-state index in [0.29, 0.717) is 0 Å². The van der Waals surface area contributed by atoms with Crippen molar-refractivity contribution in [2.24, 2.45) is 5.73 Å². The summed E-state index contributed by atoms with van der Waals surface area (Å²) < 4.78 is 10.9. The highest BCUT2D eigenvalue weighted by atomic mass is 16.5. The first-order valence-corrected chi connectivity index (χ1v) is 5.31. The predicted molar refractivity (Wildman–Crippen MR) is 65.9 cm³/mol. The highest BCUT2D eigenvalue weighted by Gasteiger charge is 2.11. The molecule has 0 amide bonds. The summed E-state index contributed by atoms with van der Waals surface area (Å²) in [6.07, 6.45) is 1.69. The average Bonchev–Trinajstić information content (AvgIpc) is 2.28. The van der Waals surface area contributed by atoms with Crippen molar-refractivity contribution >= 4 is 0 Å². The maximum absolute atomic E-state index is 5.88. The monoisotopic (exact) mass is 221 g/mol. The van der Waals surface area contributed by atoms with Gasteiger partial charge in [-0.3, -0.25) is 0 Å². The van der Waals surface area contributed by atoms with Crippen LogP contribution in [0.25, 0.3) is 0 Å². The zero-order chi connectivity index (χ0) is 12.1. The Kier molecular flexibility index (Phi) is 4.38. The fourth-order valence-corrected chi connectivity index (χ4v) is 1.37. The number of hydrogen-bond acceptors (Lipinski definition) is 3. The van der Waals surface area contributed by atoms with E-state index in [4.69, 9.17) is 15.2 Å². The first-order valence-electron chi connectivity index (χ1n) is 5.31. The van der Waals surface area contributed by atoms with Crippen molar-refractivity contribution in [3.05, 3.63) is 36.4 Å². The number of methoxy groups -OCH3 is 1. The van der Waals surface area contributed by atoms with Gasteiger partial charge in [-0.2, -0.15) is 0 Å². The molecular formula is C13H19NO2. The molecule has 2 atom stereocenters. The molecule has 0 radical (unpaired) electrons. The van der Waals surface area contributed by atoms with E-state index in [-0.39, 0.29) is 12.1 Å². The molecule has 16 heavy (non-hydrogen) atoms. The van der Waals surface area contributed by atoms with Gasteiger partial charge in [-0.05, 0) is 19.9 Å². The molecule has 3 heteroatoms. The molecule has 0 fully saturated rings. The van der Waals surface area contributed by atoms with Crippen molar-refractivity contribution < 1.29 is 9.47 Å². The highest BCUT2D eigenvalue weighted by molar-refractivity contribution is 5.42. The molecule has 88 valence electrons. The van der Waals surface area contributed by atoms with Crippen LogP contribution in [-0.2, 0) is 0 Å². The van der Waals surface area contributed by atoms with E-state index in [9.17, 15) is 0 Å². The van der Waals surface area contributed by atoms with Crippen LogP contribution in [0.1, 0.15) is 25.5 Å². The number of benzene rings is 1. The summed E-state index contributed by atoms with van der Waals surface area (Å²) in [7, 11) is 1.63. The van der Waals surface area contributed by atoms with Crippen LogP contribution in [0.3, 0.4) is 0 Å². The first-order chi connectivity index (χ1) is 7.58. The van der Waals surface area contributed by atoms with Crippen LogP contribution in [0.15, 0.2) is 30.9 Å². The van der Waals surface area contributed by atoms with Gasteiger partial charge in [0.05, 0.1) is 7.11 Å². The fourth-order valence-electron chi connectivity index (χ4n) is 1.37. The molecule has 3 nitrogen and oxygen atoms in total. The van der Waals surface area contributed by atoms with Gasteiger partial charge in [0, 0.05) is 17.7 Å². The Hall–Kier alpha value is -1.48. The zero-order valence-corrected chi connectivity index (χ0v) is 10.1. The van der Waals surface area contributed by atoms with Gasteiger partial charge in [0.25, 0.3) is 0 Å². The van der Waals surface area contributed by atoms with Crippen molar-refractivity contribution in [3.63, 3.8) is 0 Å². The molecule has 1 rings (SSSR count). The van der Waals surface area contributed by atoms with E-state index < -0.39 is 0 Å². The average molecular weight is 221 g/mol. The minimum absolute atomic E-state index is 0.0513. The Morgan fingerprint density at radius 3 is 2.56 bits per heavy atom. The van der Waals surface area contributed by atoms with E-state index in [1.165, 1.54) is 0 Å². The molecule has 0 aromatic heterocycles. The summed E-state index contributed by atoms with van der Waals surface area (Å²) in [5, 5.41) is 0. The maximum atomic E-state index is 5.88. The number of nitrogens with two attached hydrogens (primary N) is 1. The molecule has 0 saturated heterocycles. The van der Waals surface area contributed by atoms with Crippen LogP contribution in [-0.4, -0.2) is 13.2 Å². The Morgan fingerprint density at radius 2 is 2.06 bits per heavy atom. The minimum Gasteiger partial charge on any atom is -0.497 e. The molecule has 0 saturated carbocycles. The lowest BCUT2D eigenvalue weighted by Gasteiger charge is -2.17. The van der Waals surface area contributed by atoms with Gasteiger partial charge in [-0.1, -0.05) is 18.7 Å². The molecule has 0 heterocycles. The molecule has 1 unspecified atom stereocenters. The van der Waals surface area contributed by atoms with Gasteiger partial charge < -0.3 is 15.2 Å². The second-order valence-corrected chi connectivity index (χ2v) is 3.75. The number of hydrogen-bond donors (Lipinski definition) is 1. The van der Waals surface area contributed by atoms with Crippen molar-refractivity contribution in [1.82, 2.24) is 0 Å². The number of rotatable bonds is 5. The molecule has 0 bridgehead atoms. The summed E-state index contributed by atoms with van der Waals surface area (Å²) in [6, 6.07) is 5.58. The molecule has 1 aromatic carbocycles. The first kappa shape index (κ1) is 12.6. The topological polar surface area (TPSA) is 44.5 Å². The van der Waals surface area contributed by atoms with E-state index in [1.807, 2.05) is 32.0 Å². The summed E-state index contributed by atoms with van der Waals surface area (Å²) in [6.45, 7) is 7.54. The van der Waals surface area contributed by atoms with Crippen molar-refractivity contribution in [2.75, 3.05) is 7.11 Å². The van der Waals surface area contributed by atoms with E-state index >= 15 is 0 Å². The van der Waals surface area contributed by atoms with Crippen LogP contribution < -0.4 is 15.2 Å². The van der Waals surface area contributed by atoms with Gasteiger partial charge in [-0.25, -0.2) is 0 Å². The largest absolute Gasteiger partial charge is 0.497 e. The fraction of sp³-hybridized carbons (Fsp3) is 0.385. The van der Waals surface area contributed by atoms with Crippen LogP contribution in [0.2, 0.25) is 0 Å². The zero-order valence-electron chi connectivity index (χ0n) is 10.1. The second kappa shape index (κ2) is 5.56. The lowest BCUT2D eigenvalue weighted by atomic mass is 10.1. The Labute approximate surface area is 96.9 Å². The van der Waals surface area contributed by atoms with Crippen LogP contribution in [0, 0.1) is 0 Å². The summed E-state index contributed by atoms with van der Waals surface area (Å²) in [4.78, 5) is 0. The van der Waals surface area contributed by atoms with Crippen LogP contribution in [0.5, 0.6) is 11.5 Å². The van der Waals surface area contributed by atoms with Crippen molar-refractivity contribution in [1.29, 1.82) is 0 Å². The Bertz CT molecular complexity index is 361. The second-order valence-electron chi connectivity index (χ2n) is 3.75. The SMILES string of the molecule is C=CC(C)Oc1cc(OC)ccc1[C@H](C)N. The Balaban J connectivity index is 3.04. The molecule has 0 spiro atoms. The normalized spacial score (nSPS) is 14.0. The lowest BCUT2D eigenvalue weighted by molar-refractivity contribution is 0.264. The van der Waals surface area contributed by atoms with Gasteiger partial charge in [-0.15, -0.1) is 0 Å². The van der Waals surface area contributed by atoms with E-state index in [0.717, 1.165) is 17.1 Å². The van der Waals surface area contributed by atoms with Crippen molar-refractivity contribution in [3.8, 4) is 11.5 Å². The quantitative estimate of drug-likeness (QED) is 0.777. The molecular weight excluding hydrogens is 202 g/mol. The third-order valence-corrected chi connectivity index (χ3v) is 2.36. The predicted octanol–water partition coefficient (Wildman–Crippen LogP) is 2.67. The summed E-state index contributed by atoms with van der Waals surface area (Å²) in [5.41, 5.74) is 6.84. The van der Waals surface area contributed by atoms with Crippen LogP contribution >= 0.6 is 0 Å². The molecule has 1 aromatic rings. The van der Waals surface area contributed by atoms with E-state index in [1.54, 1.807) is 13.2 Å². The van der Waals surface area contributed by atoms with Gasteiger partial charge in [0.1, 0.15) is 17.6 Å². The summed E-state index contributed by atoms with van der Waals surface area (Å²) >= 11 is 0. The third kappa shape index (κ3) is 3.00.